The van der Waals surface area contributed by atoms with E-state index in [-0.39, 0.29) is 27.1 Å². The molecule has 0 unspecified atom stereocenters. The van der Waals surface area contributed by atoms with Crippen LogP contribution in [0.1, 0.15) is 11.1 Å². The molecular weight excluding hydrogens is 489 g/mol. The van der Waals surface area contributed by atoms with Gasteiger partial charge in [0.25, 0.3) is 11.1 Å². The fourth-order valence-corrected chi connectivity index (χ4v) is 5.06. The second-order valence-corrected chi connectivity index (χ2v) is 9.84. The van der Waals surface area contributed by atoms with Gasteiger partial charge in [-0.05, 0) is 53.7 Å². The fourth-order valence-electron chi connectivity index (χ4n) is 3.03. The van der Waals surface area contributed by atoms with Crippen molar-refractivity contribution in [1.29, 1.82) is 0 Å². The lowest BCUT2D eigenvalue weighted by atomic mass is 10.1. The van der Waals surface area contributed by atoms with Crippen LogP contribution in [0.3, 0.4) is 0 Å². The lowest BCUT2D eigenvalue weighted by molar-refractivity contribution is -0.123. The van der Waals surface area contributed by atoms with Crippen LogP contribution in [-0.2, 0) is 21.5 Å². The Bertz CT molecular complexity index is 1380. The van der Waals surface area contributed by atoms with Crippen molar-refractivity contribution in [2.24, 2.45) is 0 Å². The molecule has 0 N–H and O–H groups in total. The summed E-state index contributed by atoms with van der Waals surface area (Å²) in [6, 6.07) is 17.6. The molecule has 0 aromatic heterocycles. The number of thioether (sulfide) groups is 1. The molecule has 4 rings (SSSR count). The lowest BCUT2D eigenvalue weighted by Gasteiger charge is -2.13. The van der Waals surface area contributed by atoms with Gasteiger partial charge < -0.3 is 4.18 Å². The molecule has 3 aromatic carbocycles. The zero-order chi connectivity index (χ0) is 23.6. The molecule has 0 bridgehead atoms. The number of para-hydroxylation sites is 1. The molecule has 2 amide bonds. The molecule has 10 heteroatoms. The van der Waals surface area contributed by atoms with E-state index in [4.69, 9.17) is 15.8 Å². The van der Waals surface area contributed by atoms with Crippen LogP contribution in [0.4, 0.5) is 9.18 Å². The van der Waals surface area contributed by atoms with Crippen LogP contribution in [-0.4, -0.2) is 24.5 Å². The zero-order valence-electron chi connectivity index (χ0n) is 16.8. The molecule has 3 aromatic rings. The third-order valence-corrected chi connectivity index (χ3v) is 7.16. The molecule has 0 spiro atoms. The minimum Gasteiger partial charge on any atom is -0.378 e. The minimum atomic E-state index is -4.10. The number of carbonyl (C=O) groups excluding carboxylic acids is 2. The second kappa shape index (κ2) is 9.38. The first-order valence-electron chi connectivity index (χ1n) is 9.52. The van der Waals surface area contributed by atoms with Gasteiger partial charge in [-0.1, -0.05) is 54.1 Å². The lowest BCUT2D eigenvalue weighted by Crippen LogP contribution is -2.27. The number of imide groups is 1. The smallest absolute Gasteiger partial charge is 0.339 e. The Morgan fingerprint density at radius 3 is 2.42 bits per heavy atom. The van der Waals surface area contributed by atoms with Gasteiger partial charge in [-0.25, -0.2) is 4.39 Å². The topological polar surface area (TPSA) is 80.8 Å². The van der Waals surface area contributed by atoms with E-state index in [1.54, 1.807) is 36.4 Å². The van der Waals surface area contributed by atoms with Crippen LogP contribution in [0, 0.1) is 5.82 Å². The highest BCUT2D eigenvalue weighted by Gasteiger charge is 2.35. The van der Waals surface area contributed by atoms with Gasteiger partial charge in [-0.15, -0.1) is 0 Å². The summed E-state index contributed by atoms with van der Waals surface area (Å²) in [4.78, 5) is 26.4. The van der Waals surface area contributed by atoms with Gasteiger partial charge in [0.1, 0.15) is 16.5 Å². The molecule has 0 aliphatic carbocycles. The summed E-state index contributed by atoms with van der Waals surface area (Å²) in [5.41, 5.74) is 0.724. The fraction of sp³-hybridized carbons (Fsp3) is 0.0435. The highest BCUT2D eigenvalue weighted by Crippen LogP contribution is 2.36. The number of halogens is 2. The summed E-state index contributed by atoms with van der Waals surface area (Å²) in [6.07, 6.45) is 1.40. The summed E-state index contributed by atoms with van der Waals surface area (Å²) >= 11 is 6.72. The van der Waals surface area contributed by atoms with E-state index in [0.717, 1.165) is 11.0 Å². The van der Waals surface area contributed by atoms with Gasteiger partial charge in [0.15, 0.2) is 0 Å². The Labute approximate surface area is 198 Å². The third kappa shape index (κ3) is 5.11. The second-order valence-electron chi connectivity index (χ2n) is 6.89. The molecule has 1 saturated heterocycles. The quantitative estimate of drug-likeness (QED) is 0.327. The number of carbonyl (C=O) groups is 2. The normalized spacial score (nSPS) is 15.3. The predicted molar refractivity (Wildman–Crippen MR) is 124 cm³/mol. The van der Waals surface area contributed by atoms with Gasteiger partial charge in [0.2, 0.25) is 0 Å². The highest BCUT2D eigenvalue weighted by molar-refractivity contribution is 8.18. The predicted octanol–water partition coefficient (Wildman–Crippen LogP) is 5.48. The van der Waals surface area contributed by atoms with Crippen molar-refractivity contribution in [3.8, 4) is 5.75 Å². The van der Waals surface area contributed by atoms with Crippen LogP contribution < -0.4 is 4.18 Å². The number of rotatable bonds is 6. The standard InChI is InChI=1S/C23H15ClFNO5S2/c24-19-13-17(25)11-10-16(19)14-26-22(27)21(32-23(26)28)12-15-6-4-5-9-20(15)31-33(29,30)18-7-2-1-3-8-18/h1-13H,14H2/b21-12-. The number of amides is 2. The Balaban J connectivity index is 1.60. The molecule has 1 aliphatic heterocycles. The monoisotopic (exact) mass is 503 g/mol. The van der Waals surface area contributed by atoms with Crippen LogP contribution in [0.5, 0.6) is 5.75 Å². The summed E-state index contributed by atoms with van der Waals surface area (Å²) in [6.45, 7) is -0.123. The average Bonchev–Trinajstić information content (AvgIpc) is 3.04. The molecular formula is C23H15ClFNO5S2. The Hall–Kier alpha value is -3.14. The van der Waals surface area contributed by atoms with Crippen molar-refractivity contribution in [3.63, 3.8) is 0 Å². The Kier molecular flexibility index (Phi) is 6.55. The van der Waals surface area contributed by atoms with E-state index in [9.17, 15) is 22.4 Å². The van der Waals surface area contributed by atoms with Crippen molar-refractivity contribution >= 4 is 50.7 Å². The summed E-state index contributed by atoms with van der Waals surface area (Å²) in [5, 5.41) is -0.426. The summed E-state index contributed by atoms with van der Waals surface area (Å²) in [5.74, 6) is -1.10. The van der Waals surface area contributed by atoms with Gasteiger partial charge in [0, 0.05) is 10.6 Å². The maximum atomic E-state index is 13.3. The molecule has 1 aliphatic rings. The Morgan fingerprint density at radius 1 is 1.00 bits per heavy atom. The number of hydrogen-bond donors (Lipinski definition) is 0. The van der Waals surface area contributed by atoms with E-state index in [1.807, 2.05) is 0 Å². The molecule has 0 saturated carbocycles. The largest absolute Gasteiger partial charge is 0.378 e. The molecule has 0 radical (unpaired) electrons. The van der Waals surface area contributed by atoms with Crippen molar-refractivity contribution in [1.82, 2.24) is 4.90 Å². The summed E-state index contributed by atoms with van der Waals surface area (Å²) < 4.78 is 43.8. The molecule has 1 fully saturated rings. The average molecular weight is 504 g/mol. The zero-order valence-corrected chi connectivity index (χ0v) is 19.2. The van der Waals surface area contributed by atoms with Crippen molar-refractivity contribution in [2.75, 3.05) is 0 Å². The van der Waals surface area contributed by atoms with Crippen molar-refractivity contribution in [3.05, 3.63) is 99.7 Å². The molecule has 6 nitrogen and oxygen atoms in total. The van der Waals surface area contributed by atoms with Gasteiger partial charge >= 0.3 is 10.1 Å². The van der Waals surface area contributed by atoms with Crippen molar-refractivity contribution < 1.29 is 26.6 Å². The maximum absolute atomic E-state index is 13.3. The number of nitrogens with zero attached hydrogens (tertiary/aromatic N) is 1. The van der Waals surface area contributed by atoms with E-state index in [0.29, 0.717) is 22.9 Å². The number of hydrogen-bond acceptors (Lipinski definition) is 6. The van der Waals surface area contributed by atoms with Gasteiger partial charge in [-0.3, -0.25) is 14.5 Å². The third-order valence-electron chi connectivity index (χ3n) is 4.65. The SMILES string of the molecule is O=C1S/C(=C\c2ccccc2OS(=O)(=O)c2ccccc2)C(=O)N1Cc1ccc(F)cc1Cl. The van der Waals surface area contributed by atoms with E-state index >= 15 is 0 Å². The van der Waals surface area contributed by atoms with Crippen LogP contribution in [0.15, 0.2) is 82.6 Å². The van der Waals surface area contributed by atoms with Crippen molar-refractivity contribution in [2.45, 2.75) is 11.4 Å². The van der Waals surface area contributed by atoms with Crippen LogP contribution >= 0.6 is 23.4 Å². The highest BCUT2D eigenvalue weighted by atomic mass is 35.5. The number of benzene rings is 3. The maximum Gasteiger partial charge on any atom is 0.339 e. The van der Waals surface area contributed by atoms with E-state index in [1.165, 1.54) is 36.4 Å². The first kappa shape index (κ1) is 23.0. The van der Waals surface area contributed by atoms with E-state index in [2.05, 4.69) is 0 Å². The van der Waals surface area contributed by atoms with Gasteiger partial charge in [-0.2, -0.15) is 8.42 Å². The Morgan fingerprint density at radius 2 is 1.70 bits per heavy atom. The minimum absolute atomic E-state index is 0.00901. The van der Waals surface area contributed by atoms with Gasteiger partial charge in [0.05, 0.1) is 11.4 Å². The first-order chi connectivity index (χ1) is 15.7. The van der Waals surface area contributed by atoms with E-state index < -0.39 is 27.1 Å². The molecule has 0 atom stereocenters. The summed E-state index contributed by atoms with van der Waals surface area (Å²) in [7, 11) is -4.10. The van der Waals surface area contributed by atoms with Crippen LogP contribution in [0.25, 0.3) is 6.08 Å². The van der Waals surface area contributed by atoms with Crippen LogP contribution in [0.2, 0.25) is 5.02 Å². The molecule has 1 heterocycles. The molecule has 33 heavy (non-hydrogen) atoms. The first-order valence-corrected chi connectivity index (χ1v) is 12.1. The molecule has 168 valence electrons.